The predicted molar refractivity (Wildman–Crippen MR) is 80.8 cm³/mol. The molecule has 0 amide bonds. The number of unbranched alkanes of at least 4 members (excludes halogenated alkanes) is 5. The molecule has 3 heteroatoms. The Morgan fingerprint density at radius 2 is 1.74 bits per heavy atom. The van der Waals surface area contributed by atoms with Gasteiger partial charge in [0.15, 0.2) is 0 Å². The molecule has 0 radical (unpaired) electrons. The molecule has 108 valence electrons. The Bertz CT molecular complexity index is 435. The van der Waals surface area contributed by atoms with Gasteiger partial charge in [-0.25, -0.2) is 0 Å². The maximum Gasteiger partial charge on any atom is 0.269 e. The zero-order valence-corrected chi connectivity index (χ0v) is 12.9. The number of nitrogens with zero attached hydrogens (tertiary/aromatic N) is 1. The van der Waals surface area contributed by atoms with E-state index in [2.05, 4.69) is 30.7 Å². The van der Waals surface area contributed by atoms with Crippen LogP contribution in [-0.4, -0.2) is 9.97 Å². The zero-order valence-electron chi connectivity index (χ0n) is 12.9. The molecule has 0 atom stereocenters. The summed E-state index contributed by atoms with van der Waals surface area (Å²) in [4.78, 5) is 19.4. The van der Waals surface area contributed by atoms with E-state index in [-0.39, 0.29) is 5.56 Å². The molecule has 19 heavy (non-hydrogen) atoms. The van der Waals surface area contributed by atoms with Gasteiger partial charge in [0.2, 0.25) is 0 Å². The first-order chi connectivity index (χ1) is 9.06. The molecule has 0 saturated heterocycles. The highest BCUT2D eigenvalue weighted by atomic mass is 16.1. The Labute approximate surface area is 116 Å². The van der Waals surface area contributed by atoms with Crippen LogP contribution in [0.25, 0.3) is 0 Å². The highest BCUT2D eigenvalue weighted by Crippen LogP contribution is 2.13. The number of nitrogens with one attached hydrogen (secondary N) is 1. The van der Waals surface area contributed by atoms with Gasteiger partial charge in [-0.15, -0.1) is 0 Å². The molecule has 0 bridgehead atoms. The number of rotatable bonds is 8. The van der Waals surface area contributed by atoms with Gasteiger partial charge < -0.3 is 4.98 Å². The molecule has 0 aliphatic carbocycles. The van der Waals surface area contributed by atoms with E-state index in [0.29, 0.717) is 11.6 Å². The van der Waals surface area contributed by atoms with Gasteiger partial charge >= 0.3 is 0 Å². The monoisotopic (exact) mass is 264 g/mol. The summed E-state index contributed by atoms with van der Waals surface area (Å²) in [5.41, 5.74) is 2.65. The van der Waals surface area contributed by atoms with Crippen molar-refractivity contribution in [3.05, 3.63) is 27.4 Å². The third kappa shape index (κ3) is 5.17. The highest BCUT2D eigenvalue weighted by molar-refractivity contribution is 5.15. The number of aryl methyl sites for hydroxylation is 2. The summed E-state index contributed by atoms with van der Waals surface area (Å²) in [6.07, 6.45) is 8.26. The Morgan fingerprint density at radius 3 is 2.37 bits per heavy atom. The number of hydrogen-bond donors (Lipinski definition) is 1. The van der Waals surface area contributed by atoms with Crippen molar-refractivity contribution in [2.24, 2.45) is 0 Å². The average Bonchev–Trinajstić information content (AvgIpc) is 2.36. The van der Waals surface area contributed by atoms with Crippen LogP contribution in [0, 0.1) is 6.92 Å². The third-order valence-corrected chi connectivity index (χ3v) is 3.55. The molecule has 0 unspecified atom stereocenters. The van der Waals surface area contributed by atoms with Crippen LogP contribution in [0.1, 0.15) is 82.3 Å². The summed E-state index contributed by atoms with van der Waals surface area (Å²) < 4.78 is 0. The minimum atomic E-state index is 0.00265. The Hall–Kier alpha value is -1.12. The smallest absolute Gasteiger partial charge is 0.269 e. The minimum Gasteiger partial charge on any atom is -0.323 e. The van der Waals surface area contributed by atoms with Gasteiger partial charge in [-0.1, -0.05) is 52.9 Å². The van der Waals surface area contributed by atoms with Crippen LogP contribution < -0.4 is 5.56 Å². The molecule has 0 aliphatic rings. The van der Waals surface area contributed by atoms with Crippen molar-refractivity contribution in [1.82, 2.24) is 9.97 Å². The van der Waals surface area contributed by atoms with E-state index in [1.807, 2.05) is 6.92 Å². The standard InChI is InChI=1S/C16H28N2O/c1-5-6-7-8-9-10-11-14-16(19)18-15(12(2)3)13(4)17-14/h12H,5-11H2,1-4H3,(H,18,19). The van der Waals surface area contributed by atoms with E-state index in [4.69, 9.17) is 0 Å². The molecule has 0 spiro atoms. The first-order valence-corrected chi connectivity index (χ1v) is 7.66. The van der Waals surface area contributed by atoms with Crippen molar-refractivity contribution in [2.45, 2.75) is 78.6 Å². The first-order valence-electron chi connectivity index (χ1n) is 7.66. The van der Waals surface area contributed by atoms with E-state index in [1.165, 1.54) is 32.1 Å². The van der Waals surface area contributed by atoms with Crippen molar-refractivity contribution in [3.63, 3.8) is 0 Å². The molecule has 1 aromatic rings. The summed E-state index contributed by atoms with van der Waals surface area (Å²) in [6.45, 7) is 8.36. The molecular formula is C16H28N2O. The quantitative estimate of drug-likeness (QED) is 0.718. The Kier molecular flexibility index (Phi) is 6.82. The molecule has 3 nitrogen and oxygen atoms in total. The topological polar surface area (TPSA) is 45.8 Å². The second kappa shape index (κ2) is 8.13. The fraction of sp³-hybridized carbons (Fsp3) is 0.750. The number of aromatic nitrogens is 2. The maximum atomic E-state index is 11.9. The SMILES string of the molecule is CCCCCCCCc1nc(C)c(C(C)C)[nH]c1=O. The summed E-state index contributed by atoms with van der Waals surface area (Å²) in [5.74, 6) is 0.322. The predicted octanol–water partition coefficient (Wildman–Crippen LogP) is 4.10. The van der Waals surface area contributed by atoms with Crippen molar-refractivity contribution in [3.8, 4) is 0 Å². The Balaban J connectivity index is 2.51. The molecule has 1 N–H and O–H groups in total. The largest absolute Gasteiger partial charge is 0.323 e. The lowest BCUT2D eigenvalue weighted by molar-refractivity contribution is 0.601. The van der Waals surface area contributed by atoms with Crippen LogP contribution in [-0.2, 0) is 6.42 Å². The van der Waals surface area contributed by atoms with Gasteiger partial charge in [0.25, 0.3) is 5.56 Å². The summed E-state index contributed by atoms with van der Waals surface area (Å²) in [5, 5.41) is 0. The van der Waals surface area contributed by atoms with E-state index >= 15 is 0 Å². The van der Waals surface area contributed by atoms with Crippen LogP contribution in [0.5, 0.6) is 0 Å². The number of H-pyrrole nitrogens is 1. The third-order valence-electron chi connectivity index (χ3n) is 3.55. The lowest BCUT2D eigenvalue weighted by Crippen LogP contribution is -2.19. The molecule has 0 fully saturated rings. The first kappa shape index (κ1) is 15.9. The molecular weight excluding hydrogens is 236 g/mol. The Morgan fingerprint density at radius 1 is 1.11 bits per heavy atom. The molecule has 0 aromatic carbocycles. The van der Waals surface area contributed by atoms with Crippen molar-refractivity contribution >= 4 is 0 Å². The molecule has 1 heterocycles. The molecule has 0 saturated carbocycles. The number of aromatic amines is 1. The van der Waals surface area contributed by atoms with E-state index in [9.17, 15) is 4.79 Å². The lowest BCUT2D eigenvalue weighted by atomic mass is 10.1. The second-order valence-corrected chi connectivity index (χ2v) is 5.68. The summed E-state index contributed by atoms with van der Waals surface area (Å²) in [6, 6.07) is 0. The van der Waals surface area contributed by atoms with Gasteiger partial charge in [0.1, 0.15) is 5.69 Å². The highest BCUT2D eigenvalue weighted by Gasteiger charge is 2.09. The van der Waals surface area contributed by atoms with Crippen molar-refractivity contribution in [1.29, 1.82) is 0 Å². The fourth-order valence-corrected chi connectivity index (χ4v) is 2.40. The fourth-order valence-electron chi connectivity index (χ4n) is 2.40. The van der Waals surface area contributed by atoms with Crippen LogP contribution in [0.4, 0.5) is 0 Å². The normalized spacial score (nSPS) is 11.2. The van der Waals surface area contributed by atoms with Gasteiger partial charge in [0.05, 0.1) is 5.69 Å². The van der Waals surface area contributed by atoms with E-state index < -0.39 is 0 Å². The van der Waals surface area contributed by atoms with Crippen LogP contribution >= 0.6 is 0 Å². The van der Waals surface area contributed by atoms with E-state index in [1.54, 1.807) is 0 Å². The second-order valence-electron chi connectivity index (χ2n) is 5.68. The van der Waals surface area contributed by atoms with Crippen molar-refractivity contribution in [2.75, 3.05) is 0 Å². The summed E-state index contributed by atoms with van der Waals surface area (Å²) >= 11 is 0. The van der Waals surface area contributed by atoms with Gasteiger partial charge in [-0.2, -0.15) is 0 Å². The lowest BCUT2D eigenvalue weighted by Gasteiger charge is -2.10. The average molecular weight is 264 g/mol. The molecule has 0 aliphatic heterocycles. The van der Waals surface area contributed by atoms with Gasteiger partial charge in [-0.3, -0.25) is 9.78 Å². The molecule has 1 rings (SSSR count). The minimum absolute atomic E-state index is 0.00265. The summed E-state index contributed by atoms with van der Waals surface area (Å²) in [7, 11) is 0. The zero-order chi connectivity index (χ0) is 14.3. The van der Waals surface area contributed by atoms with Crippen molar-refractivity contribution < 1.29 is 0 Å². The van der Waals surface area contributed by atoms with Gasteiger partial charge in [-0.05, 0) is 25.7 Å². The van der Waals surface area contributed by atoms with Crippen LogP contribution in [0.2, 0.25) is 0 Å². The van der Waals surface area contributed by atoms with E-state index in [0.717, 1.165) is 24.2 Å². The molecule has 1 aromatic heterocycles. The maximum absolute atomic E-state index is 11.9. The van der Waals surface area contributed by atoms with Crippen LogP contribution in [0.15, 0.2) is 4.79 Å². The van der Waals surface area contributed by atoms with Crippen LogP contribution in [0.3, 0.4) is 0 Å². The van der Waals surface area contributed by atoms with Gasteiger partial charge in [0, 0.05) is 5.69 Å². The number of hydrogen-bond acceptors (Lipinski definition) is 2.